The molecule has 0 saturated carbocycles. The molecule has 2 aromatic heterocycles. The molecule has 0 bridgehead atoms. The fourth-order valence-electron chi connectivity index (χ4n) is 3.91. The number of nitrogens with zero attached hydrogens (tertiary/aromatic N) is 5. The van der Waals surface area contributed by atoms with E-state index in [2.05, 4.69) is 21.2 Å². The van der Waals surface area contributed by atoms with Crippen LogP contribution in [0.1, 0.15) is 42.4 Å². The van der Waals surface area contributed by atoms with Gasteiger partial charge in [-0.05, 0) is 24.1 Å². The predicted octanol–water partition coefficient (Wildman–Crippen LogP) is 2.85. The Labute approximate surface area is 176 Å². The minimum Gasteiger partial charge on any atom is -0.493 e. The average Bonchev–Trinajstić information content (AvgIpc) is 3.52. The van der Waals surface area contributed by atoms with Gasteiger partial charge in [0.05, 0.1) is 26.9 Å². The summed E-state index contributed by atoms with van der Waals surface area (Å²) < 4.78 is 20.6. The van der Waals surface area contributed by atoms with Gasteiger partial charge in [0.1, 0.15) is 11.6 Å². The first-order valence-electron chi connectivity index (χ1n) is 10.4. The van der Waals surface area contributed by atoms with Crippen LogP contribution in [-0.4, -0.2) is 51.7 Å². The van der Waals surface area contributed by atoms with E-state index in [4.69, 9.17) is 24.3 Å². The van der Waals surface area contributed by atoms with Gasteiger partial charge in [0.25, 0.3) is 0 Å². The van der Waals surface area contributed by atoms with Crippen molar-refractivity contribution in [1.82, 2.24) is 24.3 Å². The summed E-state index contributed by atoms with van der Waals surface area (Å²) in [4.78, 5) is 9.31. The lowest BCUT2D eigenvalue weighted by Gasteiger charge is -2.12. The Morgan fingerprint density at radius 1 is 1.17 bits per heavy atom. The van der Waals surface area contributed by atoms with Gasteiger partial charge in [0.15, 0.2) is 17.3 Å². The molecule has 0 aliphatic carbocycles. The Morgan fingerprint density at radius 2 is 2.03 bits per heavy atom. The zero-order valence-corrected chi connectivity index (χ0v) is 17.9. The molecule has 0 amide bonds. The van der Waals surface area contributed by atoms with Crippen LogP contribution in [-0.2, 0) is 30.5 Å². The maximum absolute atomic E-state index is 5.60. The zero-order valence-electron chi connectivity index (χ0n) is 17.9. The van der Waals surface area contributed by atoms with E-state index < -0.39 is 0 Å². The van der Waals surface area contributed by atoms with E-state index in [9.17, 15) is 0 Å². The van der Waals surface area contributed by atoms with E-state index in [0.717, 1.165) is 61.2 Å². The Morgan fingerprint density at radius 3 is 2.77 bits per heavy atom. The molecular weight excluding hydrogens is 382 g/mol. The highest BCUT2D eigenvalue weighted by Gasteiger charge is 2.23. The molecular formula is C22H29N5O3. The minimum absolute atomic E-state index is 0.250. The minimum atomic E-state index is 0.250. The molecule has 4 rings (SSSR count). The molecule has 1 aliphatic heterocycles. The van der Waals surface area contributed by atoms with Crippen molar-refractivity contribution in [3.63, 3.8) is 0 Å². The van der Waals surface area contributed by atoms with Crippen molar-refractivity contribution in [2.75, 3.05) is 27.4 Å². The summed E-state index contributed by atoms with van der Waals surface area (Å²) in [6, 6.07) is 6.18. The summed E-state index contributed by atoms with van der Waals surface area (Å²) >= 11 is 0. The Bertz CT molecular complexity index is 975. The SMILES string of the molecule is CCc1nccn1CCc1nc(Cc2ccc(OC)c(OC)c2)nn1C1CCOC1. The third-order valence-electron chi connectivity index (χ3n) is 5.50. The van der Waals surface area contributed by atoms with Gasteiger partial charge in [0, 0.05) is 44.8 Å². The van der Waals surface area contributed by atoms with E-state index in [0.29, 0.717) is 18.8 Å². The number of methoxy groups -OCH3 is 2. The first-order chi connectivity index (χ1) is 14.7. The number of benzene rings is 1. The van der Waals surface area contributed by atoms with Crippen molar-refractivity contribution in [1.29, 1.82) is 0 Å². The highest BCUT2D eigenvalue weighted by atomic mass is 16.5. The van der Waals surface area contributed by atoms with Gasteiger partial charge in [-0.2, -0.15) is 5.10 Å². The van der Waals surface area contributed by atoms with Gasteiger partial charge in [-0.3, -0.25) is 0 Å². The summed E-state index contributed by atoms with van der Waals surface area (Å²) in [6.07, 6.45) is 7.22. The molecule has 8 nitrogen and oxygen atoms in total. The molecule has 0 radical (unpaired) electrons. The van der Waals surface area contributed by atoms with Crippen LogP contribution in [0.25, 0.3) is 0 Å². The summed E-state index contributed by atoms with van der Waals surface area (Å²) in [5.41, 5.74) is 1.09. The molecule has 3 heterocycles. The number of aromatic nitrogens is 5. The van der Waals surface area contributed by atoms with Crippen LogP contribution < -0.4 is 9.47 Å². The van der Waals surface area contributed by atoms with E-state index in [1.807, 2.05) is 30.6 Å². The summed E-state index contributed by atoms with van der Waals surface area (Å²) in [5, 5.41) is 4.86. The van der Waals surface area contributed by atoms with Crippen LogP contribution in [0.15, 0.2) is 30.6 Å². The molecule has 1 aliphatic rings. The first-order valence-corrected chi connectivity index (χ1v) is 10.4. The molecule has 0 spiro atoms. The monoisotopic (exact) mass is 411 g/mol. The summed E-state index contributed by atoms with van der Waals surface area (Å²) in [6.45, 7) is 4.43. The summed E-state index contributed by atoms with van der Waals surface area (Å²) in [7, 11) is 3.29. The fraction of sp³-hybridized carbons (Fsp3) is 0.500. The average molecular weight is 412 g/mol. The highest BCUT2D eigenvalue weighted by molar-refractivity contribution is 5.43. The Kier molecular flexibility index (Phi) is 6.32. The van der Waals surface area contributed by atoms with Crippen LogP contribution in [0.4, 0.5) is 0 Å². The second-order valence-electron chi connectivity index (χ2n) is 7.41. The molecule has 1 fully saturated rings. The number of hydrogen-bond acceptors (Lipinski definition) is 6. The van der Waals surface area contributed by atoms with Crippen LogP contribution >= 0.6 is 0 Å². The van der Waals surface area contributed by atoms with Crippen LogP contribution in [0.5, 0.6) is 11.5 Å². The van der Waals surface area contributed by atoms with E-state index in [-0.39, 0.29) is 6.04 Å². The molecule has 1 atom stereocenters. The van der Waals surface area contributed by atoms with E-state index in [1.54, 1.807) is 14.2 Å². The second-order valence-corrected chi connectivity index (χ2v) is 7.41. The van der Waals surface area contributed by atoms with Crippen molar-refractivity contribution < 1.29 is 14.2 Å². The van der Waals surface area contributed by atoms with Crippen molar-refractivity contribution in [3.05, 3.63) is 53.6 Å². The summed E-state index contributed by atoms with van der Waals surface area (Å²) in [5.74, 6) is 4.33. The van der Waals surface area contributed by atoms with Crippen LogP contribution in [0.3, 0.4) is 0 Å². The lowest BCUT2D eigenvalue weighted by Crippen LogP contribution is -2.16. The standard InChI is InChI=1S/C22H29N5O3/c1-4-21-23-9-11-26(21)10-7-22-24-20(25-27(22)17-8-12-30-15-17)14-16-5-6-18(28-2)19(13-16)29-3/h5-6,9,11,13,17H,4,7-8,10,12,14-15H2,1-3H3. The molecule has 160 valence electrons. The lowest BCUT2D eigenvalue weighted by molar-refractivity contribution is 0.183. The third-order valence-corrected chi connectivity index (χ3v) is 5.50. The van der Waals surface area contributed by atoms with Crippen molar-refractivity contribution in [3.8, 4) is 11.5 Å². The molecule has 1 saturated heterocycles. The second kappa shape index (κ2) is 9.30. The quantitative estimate of drug-likeness (QED) is 0.539. The number of imidazole rings is 1. The number of ether oxygens (including phenoxy) is 3. The van der Waals surface area contributed by atoms with Gasteiger partial charge in [-0.15, -0.1) is 0 Å². The molecule has 3 aromatic rings. The zero-order chi connectivity index (χ0) is 20.9. The smallest absolute Gasteiger partial charge is 0.161 e. The highest BCUT2D eigenvalue weighted by Crippen LogP contribution is 2.28. The Balaban J connectivity index is 1.56. The number of aryl methyl sites for hydroxylation is 3. The maximum Gasteiger partial charge on any atom is 0.161 e. The van der Waals surface area contributed by atoms with Crippen molar-refractivity contribution in [2.24, 2.45) is 0 Å². The van der Waals surface area contributed by atoms with Crippen molar-refractivity contribution in [2.45, 2.75) is 45.2 Å². The van der Waals surface area contributed by atoms with Crippen LogP contribution in [0.2, 0.25) is 0 Å². The van der Waals surface area contributed by atoms with Crippen molar-refractivity contribution >= 4 is 0 Å². The van der Waals surface area contributed by atoms with Gasteiger partial charge >= 0.3 is 0 Å². The predicted molar refractivity (Wildman–Crippen MR) is 112 cm³/mol. The molecule has 8 heteroatoms. The largest absolute Gasteiger partial charge is 0.493 e. The molecule has 1 unspecified atom stereocenters. The molecule has 1 aromatic carbocycles. The third kappa shape index (κ3) is 4.33. The maximum atomic E-state index is 5.60. The first kappa shape index (κ1) is 20.4. The van der Waals surface area contributed by atoms with Gasteiger partial charge < -0.3 is 18.8 Å². The number of rotatable bonds is 9. The molecule has 0 N–H and O–H groups in total. The topological polar surface area (TPSA) is 76.2 Å². The lowest BCUT2D eigenvalue weighted by atomic mass is 10.1. The van der Waals surface area contributed by atoms with Gasteiger partial charge in [0.2, 0.25) is 0 Å². The number of hydrogen-bond donors (Lipinski definition) is 0. The van der Waals surface area contributed by atoms with E-state index in [1.165, 1.54) is 0 Å². The Hall–Kier alpha value is -2.87. The van der Waals surface area contributed by atoms with Crippen LogP contribution in [0, 0.1) is 0 Å². The normalized spacial score (nSPS) is 16.2. The van der Waals surface area contributed by atoms with Gasteiger partial charge in [-0.25, -0.2) is 14.6 Å². The fourth-order valence-corrected chi connectivity index (χ4v) is 3.91. The van der Waals surface area contributed by atoms with E-state index >= 15 is 0 Å². The van der Waals surface area contributed by atoms with Gasteiger partial charge in [-0.1, -0.05) is 13.0 Å². The molecule has 30 heavy (non-hydrogen) atoms.